The molecule has 0 aromatic heterocycles. The first-order chi connectivity index (χ1) is 8.01. The molecule has 0 aliphatic heterocycles. The van der Waals surface area contributed by atoms with Crippen LogP contribution in [0.3, 0.4) is 0 Å². The van der Waals surface area contributed by atoms with Gasteiger partial charge in [-0.3, -0.25) is 0 Å². The van der Waals surface area contributed by atoms with E-state index in [4.69, 9.17) is 0 Å². The minimum atomic E-state index is -0.821. The van der Waals surface area contributed by atoms with Crippen molar-refractivity contribution >= 4 is 0 Å². The summed E-state index contributed by atoms with van der Waals surface area (Å²) in [4.78, 5) is 0. The molecule has 1 aliphatic rings. The van der Waals surface area contributed by atoms with E-state index in [0.29, 0.717) is 5.92 Å². The quantitative estimate of drug-likeness (QED) is 0.825. The molecule has 17 heavy (non-hydrogen) atoms. The van der Waals surface area contributed by atoms with Crippen molar-refractivity contribution in [3.8, 4) is 0 Å². The van der Waals surface area contributed by atoms with Crippen LogP contribution in [0.5, 0.6) is 0 Å². The molecule has 1 aromatic carbocycles. The van der Waals surface area contributed by atoms with Gasteiger partial charge in [-0.05, 0) is 55.9 Å². The highest BCUT2D eigenvalue weighted by Gasteiger charge is 2.35. The van der Waals surface area contributed by atoms with Crippen LogP contribution in [0.15, 0.2) is 18.2 Å². The standard InChI is InChI=1S/C15H21FO/c1-11-10-13(16)8-9-14(11)15(2,17)12-6-4-3-5-7-12/h8-10,12,17H,3-7H2,1-2H3. The highest BCUT2D eigenvalue weighted by atomic mass is 19.1. The van der Waals surface area contributed by atoms with Gasteiger partial charge in [0.25, 0.3) is 0 Å². The van der Waals surface area contributed by atoms with Crippen molar-refractivity contribution in [1.82, 2.24) is 0 Å². The number of aliphatic hydroxyl groups is 1. The molecule has 0 saturated heterocycles. The van der Waals surface area contributed by atoms with Crippen molar-refractivity contribution < 1.29 is 9.50 Å². The van der Waals surface area contributed by atoms with E-state index in [0.717, 1.165) is 24.0 Å². The van der Waals surface area contributed by atoms with Gasteiger partial charge in [-0.15, -0.1) is 0 Å². The van der Waals surface area contributed by atoms with E-state index in [1.807, 2.05) is 13.8 Å². The molecule has 0 bridgehead atoms. The maximum atomic E-state index is 13.1. The lowest BCUT2D eigenvalue weighted by Crippen LogP contribution is -2.34. The summed E-state index contributed by atoms with van der Waals surface area (Å²) in [5.74, 6) is 0.0751. The van der Waals surface area contributed by atoms with E-state index < -0.39 is 5.60 Å². The Hall–Kier alpha value is -0.890. The number of benzene rings is 1. The molecule has 94 valence electrons. The molecule has 1 atom stereocenters. The van der Waals surface area contributed by atoms with Gasteiger partial charge in [-0.2, -0.15) is 0 Å². The Balaban J connectivity index is 2.29. The van der Waals surface area contributed by atoms with Crippen LogP contribution in [0.4, 0.5) is 4.39 Å². The Labute approximate surface area is 103 Å². The van der Waals surface area contributed by atoms with Crippen molar-refractivity contribution in [3.63, 3.8) is 0 Å². The van der Waals surface area contributed by atoms with Crippen LogP contribution in [-0.4, -0.2) is 5.11 Å². The normalized spacial score (nSPS) is 21.2. The van der Waals surface area contributed by atoms with Crippen LogP contribution < -0.4 is 0 Å². The summed E-state index contributed by atoms with van der Waals surface area (Å²) in [6, 6.07) is 4.69. The van der Waals surface area contributed by atoms with Crippen molar-refractivity contribution in [2.45, 2.75) is 51.6 Å². The molecule has 1 nitrogen and oxygen atoms in total. The number of halogens is 1. The van der Waals surface area contributed by atoms with Gasteiger partial charge in [-0.25, -0.2) is 4.39 Å². The third kappa shape index (κ3) is 2.52. The molecule has 0 amide bonds. The molecule has 2 rings (SSSR count). The second-order valence-electron chi connectivity index (χ2n) is 5.44. The lowest BCUT2D eigenvalue weighted by Gasteiger charge is -2.37. The first kappa shape index (κ1) is 12.6. The zero-order chi connectivity index (χ0) is 12.5. The van der Waals surface area contributed by atoms with Gasteiger partial charge in [0, 0.05) is 0 Å². The molecule has 0 radical (unpaired) electrons. The SMILES string of the molecule is Cc1cc(F)ccc1C(C)(O)C1CCCCC1. The molecule has 1 fully saturated rings. The summed E-state index contributed by atoms with van der Waals surface area (Å²) in [6.45, 7) is 3.75. The summed E-state index contributed by atoms with van der Waals surface area (Å²) in [6.07, 6.45) is 5.81. The average Bonchev–Trinajstić information content (AvgIpc) is 2.29. The fourth-order valence-electron chi connectivity index (χ4n) is 3.08. The highest BCUT2D eigenvalue weighted by molar-refractivity contribution is 5.32. The van der Waals surface area contributed by atoms with E-state index in [9.17, 15) is 9.50 Å². The number of hydrogen-bond donors (Lipinski definition) is 1. The largest absolute Gasteiger partial charge is 0.385 e. The molecule has 1 aliphatic carbocycles. The minimum Gasteiger partial charge on any atom is -0.385 e. The Bertz CT molecular complexity index is 392. The first-order valence-electron chi connectivity index (χ1n) is 6.51. The van der Waals surface area contributed by atoms with Crippen LogP contribution in [0.2, 0.25) is 0 Å². The van der Waals surface area contributed by atoms with Crippen LogP contribution in [0.25, 0.3) is 0 Å². The fourth-order valence-corrected chi connectivity index (χ4v) is 3.08. The smallest absolute Gasteiger partial charge is 0.123 e. The second-order valence-corrected chi connectivity index (χ2v) is 5.44. The number of rotatable bonds is 2. The lowest BCUT2D eigenvalue weighted by atomic mass is 9.73. The molecular formula is C15H21FO. The van der Waals surface area contributed by atoms with E-state index in [1.54, 1.807) is 6.07 Å². The number of aryl methyl sites for hydroxylation is 1. The lowest BCUT2D eigenvalue weighted by molar-refractivity contribution is -0.0220. The first-order valence-corrected chi connectivity index (χ1v) is 6.51. The van der Waals surface area contributed by atoms with Crippen molar-refractivity contribution in [2.24, 2.45) is 5.92 Å². The van der Waals surface area contributed by atoms with Gasteiger partial charge in [0.05, 0.1) is 5.60 Å². The Kier molecular flexibility index (Phi) is 3.53. The third-order valence-electron chi connectivity index (χ3n) is 4.13. The van der Waals surface area contributed by atoms with Crippen molar-refractivity contribution in [2.75, 3.05) is 0 Å². The summed E-state index contributed by atoms with van der Waals surface area (Å²) < 4.78 is 13.1. The fraction of sp³-hybridized carbons (Fsp3) is 0.600. The van der Waals surface area contributed by atoms with E-state index in [2.05, 4.69) is 0 Å². The summed E-state index contributed by atoms with van der Waals surface area (Å²) in [7, 11) is 0. The molecule has 1 saturated carbocycles. The van der Waals surface area contributed by atoms with Gasteiger partial charge in [0.1, 0.15) is 5.82 Å². The maximum Gasteiger partial charge on any atom is 0.123 e. The monoisotopic (exact) mass is 236 g/mol. The van der Waals surface area contributed by atoms with E-state index >= 15 is 0 Å². The zero-order valence-corrected chi connectivity index (χ0v) is 10.7. The van der Waals surface area contributed by atoms with Gasteiger partial charge in [0.2, 0.25) is 0 Å². The maximum absolute atomic E-state index is 13.1. The Morgan fingerprint density at radius 1 is 1.24 bits per heavy atom. The second kappa shape index (κ2) is 4.77. The van der Waals surface area contributed by atoms with Crippen LogP contribution in [0, 0.1) is 18.7 Å². The predicted molar refractivity (Wildman–Crippen MR) is 67.3 cm³/mol. The molecule has 1 unspecified atom stereocenters. The van der Waals surface area contributed by atoms with Crippen molar-refractivity contribution in [1.29, 1.82) is 0 Å². The summed E-state index contributed by atoms with van der Waals surface area (Å²) in [5.41, 5.74) is 0.907. The summed E-state index contributed by atoms with van der Waals surface area (Å²) >= 11 is 0. The van der Waals surface area contributed by atoms with Crippen LogP contribution in [0.1, 0.15) is 50.2 Å². The topological polar surface area (TPSA) is 20.2 Å². The summed E-state index contributed by atoms with van der Waals surface area (Å²) in [5, 5.41) is 10.8. The van der Waals surface area contributed by atoms with Crippen LogP contribution in [-0.2, 0) is 5.60 Å². The molecule has 1 aromatic rings. The predicted octanol–water partition coefficient (Wildman–Crippen LogP) is 3.92. The molecule has 0 spiro atoms. The minimum absolute atomic E-state index is 0.231. The molecular weight excluding hydrogens is 215 g/mol. The van der Waals surface area contributed by atoms with Crippen LogP contribution >= 0.6 is 0 Å². The number of hydrogen-bond acceptors (Lipinski definition) is 1. The zero-order valence-electron chi connectivity index (χ0n) is 10.7. The van der Waals surface area contributed by atoms with Gasteiger partial charge in [-0.1, -0.05) is 25.3 Å². The Morgan fingerprint density at radius 3 is 2.47 bits per heavy atom. The van der Waals surface area contributed by atoms with Gasteiger partial charge in [0.15, 0.2) is 0 Å². The van der Waals surface area contributed by atoms with E-state index in [-0.39, 0.29) is 5.82 Å². The average molecular weight is 236 g/mol. The van der Waals surface area contributed by atoms with Gasteiger partial charge >= 0.3 is 0 Å². The Morgan fingerprint density at radius 2 is 1.88 bits per heavy atom. The molecule has 1 N–H and O–H groups in total. The highest BCUT2D eigenvalue weighted by Crippen LogP contribution is 2.40. The van der Waals surface area contributed by atoms with Gasteiger partial charge < -0.3 is 5.11 Å². The molecule has 2 heteroatoms. The van der Waals surface area contributed by atoms with E-state index in [1.165, 1.54) is 31.4 Å². The van der Waals surface area contributed by atoms with Crippen molar-refractivity contribution in [3.05, 3.63) is 35.1 Å². The molecule has 0 heterocycles. The third-order valence-corrected chi connectivity index (χ3v) is 4.13.